The van der Waals surface area contributed by atoms with E-state index in [2.05, 4.69) is 54.4 Å². The monoisotopic (exact) mass is 293 g/mol. The smallest absolute Gasteiger partial charge is 0.119 e. The molecule has 2 heteroatoms. The minimum absolute atomic E-state index is 0.131. The van der Waals surface area contributed by atoms with E-state index in [0.717, 1.165) is 25.3 Å². The summed E-state index contributed by atoms with van der Waals surface area (Å²) in [5.74, 6) is 0.979. The van der Waals surface area contributed by atoms with E-state index < -0.39 is 0 Å². The first-order valence-corrected chi connectivity index (χ1v) is 8.17. The van der Waals surface area contributed by atoms with Gasteiger partial charge in [-0.2, -0.15) is 0 Å². The fraction of sp³-hybridized carbons (Fsp3) is 0.400. The fourth-order valence-corrected chi connectivity index (χ4v) is 4.41. The largest absolute Gasteiger partial charge is 0.497 e. The van der Waals surface area contributed by atoms with Crippen molar-refractivity contribution in [2.75, 3.05) is 27.2 Å². The van der Waals surface area contributed by atoms with E-state index in [-0.39, 0.29) is 5.41 Å². The van der Waals surface area contributed by atoms with Crippen molar-refractivity contribution in [2.45, 2.75) is 24.7 Å². The van der Waals surface area contributed by atoms with Crippen LogP contribution in [0.2, 0.25) is 0 Å². The molecule has 1 aliphatic heterocycles. The van der Waals surface area contributed by atoms with Gasteiger partial charge in [-0.3, -0.25) is 0 Å². The van der Waals surface area contributed by atoms with Gasteiger partial charge in [0, 0.05) is 18.5 Å². The average molecular weight is 293 g/mol. The molecule has 0 N–H and O–H groups in total. The van der Waals surface area contributed by atoms with Crippen molar-refractivity contribution >= 4 is 0 Å². The number of aryl methyl sites for hydroxylation is 1. The molecule has 1 unspecified atom stereocenters. The highest BCUT2D eigenvalue weighted by atomic mass is 16.5. The van der Waals surface area contributed by atoms with Crippen molar-refractivity contribution < 1.29 is 4.74 Å². The summed E-state index contributed by atoms with van der Waals surface area (Å²) in [4.78, 5) is 2.49. The van der Waals surface area contributed by atoms with Crippen molar-refractivity contribution in [1.82, 2.24) is 4.90 Å². The molecule has 4 rings (SSSR count). The highest BCUT2D eigenvalue weighted by molar-refractivity contribution is 5.53. The summed E-state index contributed by atoms with van der Waals surface area (Å²) in [7, 11) is 4.02. The lowest BCUT2D eigenvalue weighted by molar-refractivity contribution is 0.283. The highest BCUT2D eigenvalue weighted by Crippen LogP contribution is 2.47. The molecule has 22 heavy (non-hydrogen) atoms. The summed E-state index contributed by atoms with van der Waals surface area (Å²) in [5.41, 5.74) is 6.15. The highest BCUT2D eigenvalue weighted by Gasteiger charge is 2.43. The van der Waals surface area contributed by atoms with Crippen LogP contribution in [0.4, 0.5) is 0 Å². The van der Waals surface area contributed by atoms with Crippen LogP contribution in [-0.2, 0) is 18.3 Å². The van der Waals surface area contributed by atoms with E-state index in [0.29, 0.717) is 0 Å². The van der Waals surface area contributed by atoms with E-state index in [1.54, 1.807) is 7.11 Å². The Labute approximate surface area is 132 Å². The van der Waals surface area contributed by atoms with E-state index in [1.165, 1.54) is 35.1 Å². The number of hydrogen-bond donors (Lipinski definition) is 0. The second kappa shape index (κ2) is 5.13. The molecule has 1 aliphatic carbocycles. The van der Waals surface area contributed by atoms with Crippen LogP contribution in [0.3, 0.4) is 0 Å². The Balaban J connectivity index is 1.96. The minimum Gasteiger partial charge on any atom is -0.497 e. The second-order valence-corrected chi connectivity index (χ2v) is 6.75. The number of nitrogens with zero attached hydrogens (tertiary/aromatic N) is 1. The lowest BCUT2D eigenvalue weighted by atomic mass is 9.73. The van der Waals surface area contributed by atoms with Crippen LogP contribution in [0.5, 0.6) is 5.75 Å². The molecule has 0 aromatic heterocycles. The van der Waals surface area contributed by atoms with Crippen molar-refractivity contribution in [1.29, 1.82) is 0 Å². The van der Waals surface area contributed by atoms with E-state index >= 15 is 0 Å². The molecule has 2 aromatic rings. The van der Waals surface area contributed by atoms with Crippen molar-refractivity contribution in [3.05, 3.63) is 64.7 Å². The lowest BCUT2D eigenvalue weighted by Gasteiger charge is -2.34. The standard InChI is InChI=1S/C20H23NO/c1-21-12-10-16-7-8-17(22-2)13-19(16)20(14-21)11-9-15-5-3-4-6-18(15)20/h3-8,13H,9-12,14H2,1-2H3. The van der Waals surface area contributed by atoms with Gasteiger partial charge in [0.2, 0.25) is 0 Å². The van der Waals surface area contributed by atoms with Crippen LogP contribution >= 0.6 is 0 Å². The number of rotatable bonds is 1. The predicted octanol–water partition coefficient (Wildman–Crippen LogP) is 3.42. The molecule has 114 valence electrons. The Morgan fingerprint density at radius 2 is 1.82 bits per heavy atom. The molecule has 0 fully saturated rings. The zero-order chi connectivity index (χ0) is 15.2. The summed E-state index contributed by atoms with van der Waals surface area (Å²) in [6.07, 6.45) is 3.51. The van der Waals surface area contributed by atoms with Crippen LogP contribution in [0, 0.1) is 0 Å². The topological polar surface area (TPSA) is 12.5 Å². The molecule has 2 aliphatic rings. The number of likely N-dealkylation sites (N-methyl/N-ethyl adjacent to an activating group) is 1. The van der Waals surface area contributed by atoms with Gasteiger partial charge in [0.15, 0.2) is 0 Å². The van der Waals surface area contributed by atoms with Crippen LogP contribution in [0.15, 0.2) is 42.5 Å². The van der Waals surface area contributed by atoms with Crippen LogP contribution < -0.4 is 4.74 Å². The molecule has 1 spiro atoms. The van der Waals surface area contributed by atoms with Gasteiger partial charge in [-0.15, -0.1) is 0 Å². The van der Waals surface area contributed by atoms with Gasteiger partial charge in [0.1, 0.15) is 5.75 Å². The SMILES string of the molecule is COc1ccc2c(c1)C1(CCc3ccccc31)CN(C)CC2. The third kappa shape index (κ3) is 1.98. The number of methoxy groups -OCH3 is 1. The summed E-state index contributed by atoms with van der Waals surface area (Å²) in [6, 6.07) is 15.7. The van der Waals surface area contributed by atoms with Gasteiger partial charge >= 0.3 is 0 Å². The zero-order valence-electron chi connectivity index (χ0n) is 13.4. The molecule has 2 aromatic carbocycles. The summed E-state index contributed by atoms with van der Waals surface area (Å²) in [5, 5.41) is 0. The third-order valence-corrected chi connectivity index (χ3v) is 5.49. The first-order chi connectivity index (χ1) is 10.7. The van der Waals surface area contributed by atoms with E-state index in [1.807, 2.05) is 0 Å². The Hall–Kier alpha value is -1.80. The summed E-state index contributed by atoms with van der Waals surface area (Å²) < 4.78 is 5.53. The van der Waals surface area contributed by atoms with Crippen molar-refractivity contribution in [3.63, 3.8) is 0 Å². The van der Waals surface area contributed by atoms with E-state index in [9.17, 15) is 0 Å². The fourth-order valence-electron chi connectivity index (χ4n) is 4.41. The average Bonchev–Trinajstić information content (AvgIpc) is 2.85. The molecule has 0 bridgehead atoms. The zero-order valence-corrected chi connectivity index (χ0v) is 13.4. The Morgan fingerprint density at radius 1 is 1.00 bits per heavy atom. The first-order valence-electron chi connectivity index (χ1n) is 8.17. The maximum absolute atomic E-state index is 5.53. The van der Waals surface area contributed by atoms with Gasteiger partial charge in [-0.1, -0.05) is 30.3 Å². The molecule has 0 saturated heterocycles. The maximum atomic E-state index is 5.53. The molecule has 0 saturated carbocycles. The Kier molecular flexibility index (Phi) is 3.23. The lowest BCUT2D eigenvalue weighted by Crippen LogP contribution is -2.37. The maximum Gasteiger partial charge on any atom is 0.119 e. The second-order valence-electron chi connectivity index (χ2n) is 6.75. The Bertz CT molecular complexity index is 709. The van der Waals surface area contributed by atoms with Crippen molar-refractivity contribution in [3.8, 4) is 5.75 Å². The number of hydrogen-bond acceptors (Lipinski definition) is 2. The molecule has 1 heterocycles. The molecule has 0 radical (unpaired) electrons. The first kappa shape index (κ1) is 13.8. The minimum atomic E-state index is 0.131. The van der Waals surface area contributed by atoms with Gasteiger partial charge in [0.25, 0.3) is 0 Å². The summed E-state index contributed by atoms with van der Waals surface area (Å²) >= 11 is 0. The third-order valence-electron chi connectivity index (χ3n) is 5.49. The molecule has 2 nitrogen and oxygen atoms in total. The predicted molar refractivity (Wildman–Crippen MR) is 89.7 cm³/mol. The normalized spacial score (nSPS) is 23.9. The van der Waals surface area contributed by atoms with Gasteiger partial charge in [-0.05, 0) is 60.7 Å². The van der Waals surface area contributed by atoms with E-state index in [4.69, 9.17) is 4.74 Å². The van der Waals surface area contributed by atoms with Gasteiger partial charge in [0.05, 0.1) is 7.11 Å². The Morgan fingerprint density at radius 3 is 2.68 bits per heavy atom. The van der Waals surface area contributed by atoms with Crippen LogP contribution in [0.25, 0.3) is 0 Å². The molecular formula is C20H23NO. The van der Waals surface area contributed by atoms with Crippen LogP contribution in [0.1, 0.15) is 28.7 Å². The van der Waals surface area contributed by atoms with Gasteiger partial charge in [-0.25, -0.2) is 0 Å². The number of ether oxygens (including phenoxy) is 1. The molecule has 0 amide bonds. The molecule has 1 atom stereocenters. The number of fused-ring (bicyclic) bond motifs is 4. The van der Waals surface area contributed by atoms with Gasteiger partial charge < -0.3 is 9.64 Å². The summed E-state index contributed by atoms with van der Waals surface area (Å²) in [6.45, 7) is 2.23. The van der Waals surface area contributed by atoms with Crippen LogP contribution in [-0.4, -0.2) is 32.1 Å². The quantitative estimate of drug-likeness (QED) is 0.799. The molecular weight excluding hydrogens is 270 g/mol. The number of benzene rings is 2. The van der Waals surface area contributed by atoms with Crippen molar-refractivity contribution in [2.24, 2.45) is 0 Å².